The molecule has 1 aromatic rings. The van der Waals surface area contributed by atoms with Crippen molar-refractivity contribution in [2.24, 2.45) is 0 Å². The molecule has 1 aliphatic rings. The summed E-state index contributed by atoms with van der Waals surface area (Å²) < 4.78 is 0. The van der Waals surface area contributed by atoms with Crippen LogP contribution in [0.1, 0.15) is 25.5 Å². The van der Waals surface area contributed by atoms with E-state index in [1.165, 1.54) is 6.92 Å². The number of hydrogen-bond donors (Lipinski definition) is 2. The summed E-state index contributed by atoms with van der Waals surface area (Å²) in [5.41, 5.74) is 1.16. The Hall–Kier alpha value is -1.88. The Labute approximate surface area is 112 Å². The van der Waals surface area contributed by atoms with Crippen molar-refractivity contribution in [3.63, 3.8) is 0 Å². The van der Waals surface area contributed by atoms with E-state index in [9.17, 15) is 9.59 Å². The number of carbonyl (C=O) groups is 2. The van der Waals surface area contributed by atoms with Gasteiger partial charge in [-0.25, -0.2) is 0 Å². The van der Waals surface area contributed by atoms with Crippen LogP contribution in [0.25, 0.3) is 0 Å². The molecule has 5 heteroatoms. The second kappa shape index (κ2) is 5.40. The molecule has 0 spiro atoms. The van der Waals surface area contributed by atoms with Crippen molar-refractivity contribution in [2.45, 2.75) is 32.0 Å². The van der Waals surface area contributed by atoms with Crippen LogP contribution in [-0.2, 0) is 9.59 Å². The van der Waals surface area contributed by atoms with Gasteiger partial charge in [-0.1, -0.05) is 30.3 Å². The fourth-order valence-electron chi connectivity index (χ4n) is 2.11. The average Bonchev–Trinajstić information content (AvgIpc) is 3.19. The van der Waals surface area contributed by atoms with Crippen molar-refractivity contribution in [2.75, 3.05) is 6.54 Å². The molecular weight excluding hydrogens is 244 g/mol. The van der Waals surface area contributed by atoms with Crippen LogP contribution in [0, 0.1) is 0 Å². The first-order valence-electron chi connectivity index (χ1n) is 6.34. The molecule has 0 bridgehead atoms. The van der Waals surface area contributed by atoms with Crippen LogP contribution in [0.4, 0.5) is 0 Å². The number of rotatable bonds is 5. The predicted molar refractivity (Wildman–Crippen MR) is 70.6 cm³/mol. The Morgan fingerprint density at radius 2 is 1.95 bits per heavy atom. The van der Waals surface area contributed by atoms with Crippen LogP contribution in [0.15, 0.2) is 30.3 Å². The van der Waals surface area contributed by atoms with Crippen molar-refractivity contribution in [1.29, 1.82) is 0 Å². The molecule has 2 N–H and O–H groups in total. The smallest absolute Gasteiger partial charge is 0.325 e. The highest BCUT2D eigenvalue weighted by Gasteiger charge is 2.44. The number of carboxylic acid groups (broad SMARTS) is 1. The van der Waals surface area contributed by atoms with E-state index in [0.29, 0.717) is 6.54 Å². The first kappa shape index (κ1) is 13.5. The molecule has 0 aromatic heterocycles. The second-order valence-corrected chi connectivity index (χ2v) is 4.87. The van der Waals surface area contributed by atoms with Gasteiger partial charge in [-0.3, -0.25) is 14.5 Å². The van der Waals surface area contributed by atoms with Gasteiger partial charge in [0.15, 0.2) is 0 Å². The lowest BCUT2D eigenvalue weighted by atomic mass is 10.1. The van der Waals surface area contributed by atoms with Crippen LogP contribution in [-0.4, -0.2) is 40.5 Å². The lowest BCUT2D eigenvalue weighted by Crippen LogP contribution is -2.41. The molecule has 102 valence electrons. The zero-order valence-corrected chi connectivity index (χ0v) is 11.0. The van der Waals surface area contributed by atoms with Crippen molar-refractivity contribution >= 4 is 11.9 Å². The van der Waals surface area contributed by atoms with E-state index in [-0.39, 0.29) is 18.0 Å². The number of aliphatic carboxylic acids is 1. The zero-order chi connectivity index (χ0) is 14.0. The largest absolute Gasteiger partial charge is 0.480 e. The van der Waals surface area contributed by atoms with Crippen LogP contribution in [0.2, 0.25) is 0 Å². The summed E-state index contributed by atoms with van der Waals surface area (Å²) in [6.07, 6.45) is 0. The fourth-order valence-corrected chi connectivity index (χ4v) is 2.11. The molecule has 0 saturated carbocycles. The number of carboxylic acids is 1. The van der Waals surface area contributed by atoms with Gasteiger partial charge in [0.2, 0.25) is 5.91 Å². The summed E-state index contributed by atoms with van der Waals surface area (Å²) in [4.78, 5) is 24.6. The lowest BCUT2D eigenvalue weighted by Gasteiger charge is -2.15. The third kappa shape index (κ3) is 3.12. The standard InChI is InChI=1S/C14H18N2O3/c1-9(14(18)19)15-13(17)12-8-16(12)10(2)11-6-4-3-5-7-11/h3-7,9-10,12H,8H2,1-2H3,(H,15,17)(H,18,19). The van der Waals surface area contributed by atoms with E-state index >= 15 is 0 Å². The van der Waals surface area contributed by atoms with Gasteiger partial charge in [0.1, 0.15) is 12.1 Å². The van der Waals surface area contributed by atoms with E-state index in [1.807, 2.05) is 42.2 Å². The third-order valence-electron chi connectivity index (χ3n) is 3.46. The molecule has 1 aliphatic heterocycles. The van der Waals surface area contributed by atoms with Gasteiger partial charge in [-0.15, -0.1) is 0 Å². The molecule has 19 heavy (non-hydrogen) atoms. The Balaban J connectivity index is 1.90. The minimum Gasteiger partial charge on any atom is -0.480 e. The quantitative estimate of drug-likeness (QED) is 0.777. The van der Waals surface area contributed by atoms with E-state index in [2.05, 4.69) is 5.32 Å². The molecular formula is C14H18N2O3. The van der Waals surface area contributed by atoms with Gasteiger partial charge < -0.3 is 10.4 Å². The summed E-state index contributed by atoms with van der Waals surface area (Å²) in [7, 11) is 0. The van der Waals surface area contributed by atoms with Crippen LogP contribution < -0.4 is 5.32 Å². The molecule has 4 unspecified atom stereocenters. The number of amides is 1. The Kier molecular flexibility index (Phi) is 3.85. The number of benzene rings is 1. The molecule has 5 nitrogen and oxygen atoms in total. The van der Waals surface area contributed by atoms with Crippen LogP contribution in [0.5, 0.6) is 0 Å². The maximum Gasteiger partial charge on any atom is 0.325 e. The number of carbonyl (C=O) groups excluding carboxylic acids is 1. The summed E-state index contributed by atoms with van der Waals surface area (Å²) >= 11 is 0. The van der Waals surface area contributed by atoms with Gasteiger partial charge in [0.05, 0.1) is 0 Å². The Morgan fingerprint density at radius 3 is 2.53 bits per heavy atom. The number of hydrogen-bond acceptors (Lipinski definition) is 3. The van der Waals surface area contributed by atoms with E-state index < -0.39 is 12.0 Å². The molecule has 1 saturated heterocycles. The Bertz CT molecular complexity index is 475. The Morgan fingerprint density at radius 1 is 1.32 bits per heavy atom. The highest BCUT2D eigenvalue weighted by Crippen LogP contribution is 2.31. The molecule has 4 atom stereocenters. The summed E-state index contributed by atoms with van der Waals surface area (Å²) in [5.74, 6) is -1.23. The van der Waals surface area contributed by atoms with Crippen molar-refractivity contribution in [3.05, 3.63) is 35.9 Å². The summed E-state index contributed by atoms with van der Waals surface area (Å²) in [6.45, 7) is 4.19. The van der Waals surface area contributed by atoms with E-state index in [0.717, 1.165) is 5.56 Å². The highest BCUT2D eigenvalue weighted by atomic mass is 16.4. The lowest BCUT2D eigenvalue weighted by molar-refractivity contribution is -0.141. The van der Waals surface area contributed by atoms with Gasteiger partial charge in [0.25, 0.3) is 0 Å². The predicted octanol–water partition coefficient (Wildman–Crippen LogP) is 1.02. The summed E-state index contributed by atoms with van der Waals surface area (Å²) in [5, 5.41) is 11.3. The maximum atomic E-state index is 11.9. The molecule has 1 aromatic carbocycles. The van der Waals surface area contributed by atoms with E-state index in [4.69, 9.17) is 5.11 Å². The molecule has 0 radical (unpaired) electrons. The van der Waals surface area contributed by atoms with Crippen molar-refractivity contribution in [1.82, 2.24) is 10.2 Å². The average molecular weight is 262 g/mol. The van der Waals surface area contributed by atoms with Gasteiger partial charge >= 0.3 is 5.97 Å². The number of nitrogens with one attached hydrogen (secondary N) is 1. The monoisotopic (exact) mass is 262 g/mol. The number of nitrogens with zero attached hydrogens (tertiary/aromatic N) is 1. The maximum absolute atomic E-state index is 11.9. The summed E-state index contributed by atoms with van der Waals surface area (Å²) in [6, 6.07) is 9.05. The van der Waals surface area contributed by atoms with Gasteiger partial charge in [-0.2, -0.15) is 0 Å². The first-order chi connectivity index (χ1) is 9.00. The SMILES string of the molecule is CC(NC(=O)C1CN1C(C)c1ccccc1)C(=O)O. The van der Waals surface area contributed by atoms with E-state index in [1.54, 1.807) is 0 Å². The van der Waals surface area contributed by atoms with Gasteiger partial charge in [0, 0.05) is 12.6 Å². The topological polar surface area (TPSA) is 69.4 Å². The van der Waals surface area contributed by atoms with Crippen molar-refractivity contribution < 1.29 is 14.7 Å². The molecule has 2 rings (SSSR count). The third-order valence-corrected chi connectivity index (χ3v) is 3.46. The minimum atomic E-state index is -1.02. The molecule has 1 amide bonds. The second-order valence-electron chi connectivity index (χ2n) is 4.87. The molecule has 0 aliphatic carbocycles. The highest BCUT2D eigenvalue weighted by molar-refractivity contribution is 5.88. The zero-order valence-electron chi connectivity index (χ0n) is 11.0. The fraction of sp³-hybridized carbons (Fsp3) is 0.429. The minimum absolute atomic E-state index is 0.164. The molecule has 1 fully saturated rings. The molecule has 1 heterocycles. The normalized spacial score (nSPS) is 24.3. The van der Waals surface area contributed by atoms with Crippen LogP contribution >= 0.6 is 0 Å². The van der Waals surface area contributed by atoms with Gasteiger partial charge in [-0.05, 0) is 19.4 Å². The first-order valence-corrected chi connectivity index (χ1v) is 6.34. The van der Waals surface area contributed by atoms with Crippen molar-refractivity contribution in [3.8, 4) is 0 Å². The van der Waals surface area contributed by atoms with Crippen LogP contribution in [0.3, 0.4) is 0 Å².